The summed E-state index contributed by atoms with van der Waals surface area (Å²) in [6, 6.07) is 9.36. The van der Waals surface area contributed by atoms with Crippen molar-refractivity contribution in [1.29, 1.82) is 0 Å². The number of nitrogens with zero attached hydrogens (tertiary/aromatic N) is 4. The van der Waals surface area contributed by atoms with Gasteiger partial charge in [-0.2, -0.15) is 13.2 Å². The second-order valence-electron chi connectivity index (χ2n) is 9.24. The maximum Gasteiger partial charge on any atom is 0.449 e. The van der Waals surface area contributed by atoms with Crippen LogP contribution in [0.15, 0.2) is 35.1 Å². The van der Waals surface area contributed by atoms with Crippen LogP contribution in [0.2, 0.25) is 0 Å². The molecule has 0 bridgehead atoms. The zero-order valence-corrected chi connectivity index (χ0v) is 19.9. The molecular weight excluding hydrogens is 481 g/mol. The van der Waals surface area contributed by atoms with Crippen molar-refractivity contribution in [3.8, 4) is 0 Å². The molecule has 2 aliphatic rings. The van der Waals surface area contributed by atoms with E-state index in [1.165, 1.54) is 0 Å². The Hall–Kier alpha value is -2.79. The highest BCUT2D eigenvalue weighted by Crippen LogP contribution is 2.35. The molecule has 7 nitrogen and oxygen atoms in total. The van der Waals surface area contributed by atoms with E-state index in [2.05, 4.69) is 9.97 Å². The SMILES string of the molecule is C[C@@H](CC(=O)[C@H]1CCCN1c1nc2c(=O)n(CC3COC3)c(C(F)(F)F)nc2s1)c1ccccc1. The predicted octanol–water partition coefficient (Wildman–Crippen LogP) is 4.25. The topological polar surface area (TPSA) is 77.3 Å². The van der Waals surface area contributed by atoms with Crippen LogP contribution in [0, 0.1) is 5.92 Å². The third-order valence-corrected chi connectivity index (χ3v) is 7.64. The number of anilines is 1. The molecule has 186 valence electrons. The molecule has 1 aromatic carbocycles. The van der Waals surface area contributed by atoms with Gasteiger partial charge >= 0.3 is 6.18 Å². The fourth-order valence-corrected chi connectivity index (χ4v) is 5.73. The number of fused-ring (bicyclic) bond motifs is 1. The highest BCUT2D eigenvalue weighted by molar-refractivity contribution is 7.21. The Morgan fingerprint density at radius 2 is 1.97 bits per heavy atom. The smallest absolute Gasteiger partial charge is 0.381 e. The molecule has 4 heterocycles. The molecule has 2 saturated heterocycles. The summed E-state index contributed by atoms with van der Waals surface area (Å²) in [6.07, 6.45) is -3.02. The molecule has 0 N–H and O–H groups in total. The highest BCUT2D eigenvalue weighted by Gasteiger charge is 2.40. The number of ketones is 1. The van der Waals surface area contributed by atoms with Crippen molar-refractivity contribution in [3.05, 3.63) is 52.1 Å². The summed E-state index contributed by atoms with van der Waals surface area (Å²) in [4.78, 5) is 36.2. The summed E-state index contributed by atoms with van der Waals surface area (Å²) in [5.41, 5.74) is 0.178. The number of benzene rings is 1. The number of aromatic nitrogens is 3. The molecule has 0 saturated carbocycles. The largest absolute Gasteiger partial charge is 0.449 e. The molecule has 0 spiro atoms. The number of carbonyl (C=O) groups excluding carboxylic acids is 1. The summed E-state index contributed by atoms with van der Waals surface area (Å²) in [5, 5.41) is 0.366. The number of hydrogen-bond acceptors (Lipinski definition) is 7. The van der Waals surface area contributed by atoms with E-state index in [1.807, 2.05) is 42.2 Å². The van der Waals surface area contributed by atoms with Gasteiger partial charge in [0.2, 0.25) is 5.82 Å². The van der Waals surface area contributed by atoms with Gasteiger partial charge < -0.3 is 9.64 Å². The van der Waals surface area contributed by atoms with E-state index in [0.29, 0.717) is 42.3 Å². The zero-order valence-electron chi connectivity index (χ0n) is 19.1. The molecule has 35 heavy (non-hydrogen) atoms. The summed E-state index contributed by atoms with van der Waals surface area (Å²) in [7, 11) is 0. The number of carbonyl (C=O) groups is 1. The molecule has 2 atom stereocenters. The molecule has 2 fully saturated rings. The quantitative estimate of drug-likeness (QED) is 0.477. The molecule has 2 aromatic heterocycles. The second kappa shape index (κ2) is 9.34. The predicted molar refractivity (Wildman–Crippen MR) is 126 cm³/mol. The zero-order chi connectivity index (χ0) is 24.7. The average Bonchev–Trinajstić information content (AvgIpc) is 3.44. The van der Waals surface area contributed by atoms with Gasteiger partial charge in [-0.15, -0.1) is 0 Å². The van der Waals surface area contributed by atoms with Crippen molar-refractivity contribution in [3.63, 3.8) is 0 Å². The van der Waals surface area contributed by atoms with E-state index in [-0.39, 0.29) is 34.5 Å². The van der Waals surface area contributed by atoms with Crippen LogP contribution in [0.3, 0.4) is 0 Å². The lowest BCUT2D eigenvalue weighted by molar-refractivity contribution is -0.149. The van der Waals surface area contributed by atoms with Crippen LogP contribution in [-0.2, 0) is 22.3 Å². The Labute approximate surface area is 203 Å². The Bertz CT molecular complexity index is 1290. The van der Waals surface area contributed by atoms with Crippen molar-refractivity contribution in [2.45, 2.75) is 50.9 Å². The summed E-state index contributed by atoms with van der Waals surface area (Å²) < 4.78 is 46.9. The molecule has 0 radical (unpaired) electrons. The first-order valence-electron chi connectivity index (χ1n) is 11.6. The van der Waals surface area contributed by atoms with Gasteiger partial charge in [-0.05, 0) is 24.3 Å². The van der Waals surface area contributed by atoms with Gasteiger partial charge in [0.05, 0.1) is 19.3 Å². The number of ether oxygens (including phenoxy) is 1. The van der Waals surface area contributed by atoms with Crippen molar-refractivity contribution < 1.29 is 22.7 Å². The van der Waals surface area contributed by atoms with E-state index in [0.717, 1.165) is 23.3 Å². The number of hydrogen-bond donors (Lipinski definition) is 0. The minimum atomic E-state index is -4.78. The number of rotatable bonds is 7. The standard InChI is InChI=1S/C24H25F3N4O3S/c1-14(16-6-3-2-4-7-16)10-18(32)17-8-5-9-30(17)23-28-19-20(35-23)29-22(24(25,26)27)31(21(19)33)11-15-12-34-13-15/h2-4,6-7,14-15,17H,5,8-13H2,1H3/t14-,17+/m0/s1. The molecule has 2 aliphatic heterocycles. The first kappa shape index (κ1) is 23.9. The fourth-order valence-electron chi connectivity index (χ4n) is 4.72. The van der Waals surface area contributed by atoms with Gasteiger partial charge in [-0.3, -0.25) is 14.2 Å². The maximum atomic E-state index is 13.7. The molecule has 11 heteroatoms. The monoisotopic (exact) mass is 506 g/mol. The Kier molecular flexibility index (Phi) is 6.39. The van der Waals surface area contributed by atoms with Gasteiger partial charge in [-0.1, -0.05) is 48.6 Å². The van der Waals surface area contributed by atoms with E-state index in [4.69, 9.17) is 4.74 Å². The lowest BCUT2D eigenvalue weighted by atomic mass is 9.93. The first-order valence-corrected chi connectivity index (χ1v) is 12.4. The van der Waals surface area contributed by atoms with Crippen LogP contribution in [-0.4, -0.2) is 46.1 Å². The Balaban J connectivity index is 1.44. The molecule has 0 unspecified atom stereocenters. The molecule has 0 amide bonds. The number of thiazole rings is 1. The Morgan fingerprint density at radius 3 is 2.63 bits per heavy atom. The van der Waals surface area contributed by atoms with Gasteiger partial charge in [0.15, 0.2) is 21.3 Å². The van der Waals surface area contributed by atoms with E-state index in [9.17, 15) is 22.8 Å². The molecule has 5 rings (SSSR count). The lowest BCUT2D eigenvalue weighted by Crippen LogP contribution is -2.38. The van der Waals surface area contributed by atoms with Gasteiger partial charge in [0.25, 0.3) is 5.56 Å². The lowest BCUT2D eigenvalue weighted by Gasteiger charge is -2.27. The van der Waals surface area contributed by atoms with Crippen LogP contribution in [0.5, 0.6) is 0 Å². The first-order chi connectivity index (χ1) is 16.7. The summed E-state index contributed by atoms with van der Waals surface area (Å²) in [5.74, 6) is -1.29. The van der Waals surface area contributed by atoms with Gasteiger partial charge in [0, 0.05) is 25.4 Å². The van der Waals surface area contributed by atoms with Crippen LogP contribution in [0.4, 0.5) is 18.3 Å². The van der Waals surface area contributed by atoms with E-state index >= 15 is 0 Å². The van der Waals surface area contributed by atoms with Gasteiger partial charge in [-0.25, -0.2) is 9.97 Å². The summed E-state index contributed by atoms with van der Waals surface area (Å²) >= 11 is 0.936. The normalized spacial score (nSPS) is 19.8. The van der Waals surface area contributed by atoms with Crippen molar-refractivity contribution in [2.75, 3.05) is 24.7 Å². The third-order valence-electron chi connectivity index (χ3n) is 6.66. The number of halogens is 3. The van der Waals surface area contributed by atoms with Crippen molar-refractivity contribution >= 4 is 32.6 Å². The van der Waals surface area contributed by atoms with Crippen LogP contribution in [0.1, 0.15) is 43.5 Å². The number of alkyl halides is 3. The minimum Gasteiger partial charge on any atom is -0.381 e. The number of Topliss-reactive ketones (excluding diaryl/α,β-unsaturated/α-hetero) is 1. The van der Waals surface area contributed by atoms with Crippen molar-refractivity contribution in [2.24, 2.45) is 5.92 Å². The highest BCUT2D eigenvalue weighted by atomic mass is 32.1. The molecule has 0 aliphatic carbocycles. The second-order valence-corrected chi connectivity index (χ2v) is 10.2. The van der Waals surface area contributed by atoms with Crippen LogP contribution >= 0.6 is 11.3 Å². The van der Waals surface area contributed by atoms with Gasteiger partial charge in [0.1, 0.15) is 0 Å². The van der Waals surface area contributed by atoms with Crippen LogP contribution < -0.4 is 10.5 Å². The maximum absolute atomic E-state index is 13.7. The van der Waals surface area contributed by atoms with Crippen LogP contribution in [0.25, 0.3) is 10.3 Å². The molecule has 3 aromatic rings. The summed E-state index contributed by atoms with van der Waals surface area (Å²) in [6.45, 7) is 3.05. The van der Waals surface area contributed by atoms with E-state index < -0.39 is 23.6 Å². The third kappa shape index (κ3) is 4.71. The minimum absolute atomic E-state index is 0.0419. The Morgan fingerprint density at radius 1 is 1.23 bits per heavy atom. The van der Waals surface area contributed by atoms with Crippen molar-refractivity contribution in [1.82, 2.24) is 14.5 Å². The average molecular weight is 507 g/mol. The molecular formula is C24H25F3N4O3S. The fraction of sp³-hybridized carbons (Fsp3) is 0.500. The van der Waals surface area contributed by atoms with E-state index in [1.54, 1.807) is 0 Å².